The van der Waals surface area contributed by atoms with Gasteiger partial charge in [0.15, 0.2) is 0 Å². The Morgan fingerprint density at radius 1 is 1.37 bits per heavy atom. The third kappa shape index (κ3) is 1.90. The van der Waals surface area contributed by atoms with E-state index in [4.69, 9.17) is 10.5 Å². The van der Waals surface area contributed by atoms with Gasteiger partial charge in [-0.25, -0.2) is 0 Å². The fraction of sp³-hybridized carbons (Fsp3) is 0.308. The van der Waals surface area contributed by atoms with Gasteiger partial charge in [-0.05, 0) is 23.3 Å². The van der Waals surface area contributed by atoms with E-state index in [1.807, 2.05) is 0 Å². The van der Waals surface area contributed by atoms with Gasteiger partial charge in [-0.3, -0.25) is 4.79 Å². The highest BCUT2D eigenvalue weighted by Crippen LogP contribution is 2.30. The summed E-state index contributed by atoms with van der Waals surface area (Å²) in [6, 6.07) is 3.39. The van der Waals surface area contributed by atoms with Crippen LogP contribution < -0.4 is 5.73 Å². The monoisotopic (exact) mass is 262 g/mol. The summed E-state index contributed by atoms with van der Waals surface area (Å²) in [7, 11) is 0. The van der Waals surface area contributed by atoms with Crippen LogP contribution >= 0.6 is 0 Å². The van der Waals surface area contributed by atoms with Gasteiger partial charge < -0.3 is 25.7 Å². The Kier molecular flexibility index (Phi) is 2.78. The SMILES string of the molecule is Nc1c(C(=O)C2CO2)[nH]c2cc(CO)c(CO)cc12. The number of aliphatic hydroxyl groups is 2. The van der Waals surface area contributed by atoms with Crippen molar-refractivity contribution in [3.8, 4) is 0 Å². The van der Waals surface area contributed by atoms with Crippen LogP contribution in [0, 0.1) is 0 Å². The first-order valence-corrected chi connectivity index (χ1v) is 5.96. The summed E-state index contributed by atoms with van der Waals surface area (Å²) in [6.07, 6.45) is -0.398. The molecule has 1 atom stereocenters. The fourth-order valence-electron chi connectivity index (χ4n) is 2.20. The van der Waals surface area contributed by atoms with Crippen molar-refractivity contribution in [3.63, 3.8) is 0 Å². The number of aromatic nitrogens is 1. The molecule has 6 heteroatoms. The number of carbonyl (C=O) groups is 1. The van der Waals surface area contributed by atoms with Crippen molar-refractivity contribution in [1.82, 2.24) is 4.98 Å². The minimum atomic E-state index is -0.398. The van der Waals surface area contributed by atoms with E-state index in [0.29, 0.717) is 40.0 Å². The van der Waals surface area contributed by atoms with Crippen molar-refractivity contribution in [3.05, 3.63) is 29.0 Å². The standard InChI is InChI=1S/C13H14N2O4/c14-11-8-1-6(3-16)7(4-17)2-9(8)15-12(11)13(18)10-5-19-10/h1-2,10,15-17H,3-5,14H2. The number of nitrogen functional groups attached to an aromatic ring is 1. The van der Waals surface area contributed by atoms with Gasteiger partial charge in [0.25, 0.3) is 0 Å². The topological polar surface area (TPSA) is 112 Å². The lowest BCUT2D eigenvalue weighted by Gasteiger charge is -2.04. The molecule has 1 fully saturated rings. The highest BCUT2D eigenvalue weighted by atomic mass is 16.6. The van der Waals surface area contributed by atoms with Gasteiger partial charge in [0, 0.05) is 10.9 Å². The van der Waals surface area contributed by atoms with Crippen LogP contribution in [-0.4, -0.2) is 33.7 Å². The number of Topliss-reactive ketones (excluding diaryl/α,β-unsaturated/α-hetero) is 1. The van der Waals surface area contributed by atoms with E-state index >= 15 is 0 Å². The van der Waals surface area contributed by atoms with Crippen LogP contribution in [0.15, 0.2) is 12.1 Å². The zero-order valence-corrected chi connectivity index (χ0v) is 10.1. The number of rotatable bonds is 4. The van der Waals surface area contributed by atoms with Gasteiger partial charge in [-0.15, -0.1) is 0 Å². The summed E-state index contributed by atoms with van der Waals surface area (Å²) in [5.41, 5.74) is 8.53. The second kappa shape index (κ2) is 4.34. The Morgan fingerprint density at radius 2 is 2.00 bits per heavy atom. The molecule has 0 aliphatic carbocycles. The third-order valence-electron chi connectivity index (χ3n) is 3.37. The van der Waals surface area contributed by atoms with Gasteiger partial charge in [0.05, 0.1) is 25.5 Å². The molecule has 0 spiro atoms. The molecule has 2 heterocycles. The number of nitrogens with one attached hydrogen (secondary N) is 1. The molecule has 1 aromatic carbocycles. The zero-order chi connectivity index (χ0) is 13.6. The Balaban J connectivity index is 2.16. The molecule has 1 aromatic heterocycles. The van der Waals surface area contributed by atoms with Gasteiger partial charge >= 0.3 is 0 Å². The van der Waals surface area contributed by atoms with Crippen LogP contribution in [0.2, 0.25) is 0 Å². The number of anilines is 1. The molecule has 3 rings (SSSR count). The number of carbonyl (C=O) groups excluding carboxylic acids is 1. The predicted octanol–water partition coefficient (Wildman–Crippen LogP) is 0.316. The van der Waals surface area contributed by atoms with E-state index in [1.54, 1.807) is 12.1 Å². The molecular weight excluding hydrogens is 248 g/mol. The second-order valence-electron chi connectivity index (χ2n) is 4.58. The summed E-state index contributed by atoms with van der Waals surface area (Å²) in [6.45, 7) is 0.0582. The highest BCUT2D eigenvalue weighted by molar-refractivity contribution is 6.10. The largest absolute Gasteiger partial charge is 0.396 e. The van der Waals surface area contributed by atoms with Gasteiger partial charge in [-0.1, -0.05) is 0 Å². The lowest BCUT2D eigenvalue weighted by atomic mass is 10.0. The van der Waals surface area contributed by atoms with Crippen LogP contribution in [0.1, 0.15) is 21.6 Å². The van der Waals surface area contributed by atoms with Crippen LogP contribution in [0.3, 0.4) is 0 Å². The molecule has 0 bridgehead atoms. The average Bonchev–Trinajstić information content (AvgIpc) is 3.22. The first kappa shape index (κ1) is 12.2. The number of hydrogen-bond acceptors (Lipinski definition) is 5. The van der Waals surface area contributed by atoms with E-state index in [9.17, 15) is 15.0 Å². The summed E-state index contributed by atoms with van der Waals surface area (Å²) >= 11 is 0. The van der Waals surface area contributed by atoms with E-state index in [0.717, 1.165) is 0 Å². The molecule has 2 aromatic rings. The lowest BCUT2D eigenvalue weighted by Crippen LogP contribution is -2.09. The fourth-order valence-corrected chi connectivity index (χ4v) is 2.20. The summed E-state index contributed by atoms with van der Waals surface area (Å²) < 4.78 is 4.96. The molecule has 5 N–H and O–H groups in total. The summed E-state index contributed by atoms with van der Waals surface area (Å²) in [4.78, 5) is 14.9. The maximum atomic E-state index is 12.0. The van der Waals surface area contributed by atoms with Crippen LogP contribution in [-0.2, 0) is 18.0 Å². The maximum absolute atomic E-state index is 12.0. The molecule has 1 unspecified atom stereocenters. The number of hydrogen-bond donors (Lipinski definition) is 4. The highest BCUT2D eigenvalue weighted by Gasteiger charge is 2.34. The smallest absolute Gasteiger partial charge is 0.212 e. The van der Waals surface area contributed by atoms with Crippen molar-refractivity contribution in [2.75, 3.05) is 12.3 Å². The van der Waals surface area contributed by atoms with E-state index in [-0.39, 0.29) is 19.0 Å². The van der Waals surface area contributed by atoms with Crippen LogP contribution in [0.5, 0.6) is 0 Å². The number of fused-ring (bicyclic) bond motifs is 1. The van der Waals surface area contributed by atoms with Crippen molar-refractivity contribution in [2.24, 2.45) is 0 Å². The average molecular weight is 262 g/mol. The molecule has 1 saturated heterocycles. The number of aliphatic hydroxyl groups excluding tert-OH is 2. The van der Waals surface area contributed by atoms with Crippen LogP contribution in [0.25, 0.3) is 10.9 Å². The number of benzene rings is 1. The molecule has 0 amide bonds. The number of nitrogens with two attached hydrogens (primary N) is 1. The lowest BCUT2D eigenvalue weighted by molar-refractivity contribution is 0.0950. The van der Waals surface area contributed by atoms with E-state index in [1.165, 1.54) is 0 Å². The Hall–Kier alpha value is -1.89. The van der Waals surface area contributed by atoms with Crippen LogP contribution in [0.4, 0.5) is 5.69 Å². The van der Waals surface area contributed by atoms with E-state index < -0.39 is 6.10 Å². The Labute approximate surface area is 108 Å². The Bertz CT molecular complexity index is 658. The Morgan fingerprint density at radius 3 is 2.58 bits per heavy atom. The molecule has 100 valence electrons. The van der Waals surface area contributed by atoms with Gasteiger partial charge in [0.1, 0.15) is 11.8 Å². The number of epoxide rings is 1. The molecule has 0 saturated carbocycles. The summed E-state index contributed by atoms with van der Waals surface area (Å²) in [5.74, 6) is -0.162. The normalized spacial score (nSPS) is 17.9. The van der Waals surface area contributed by atoms with Crippen molar-refractivity contribution in [2.45, 2.75) is 19.3 Å². The quantitative estimate of drug-likeness (QED) is 0.468. The first-order chi connectivity index (χ1) is 9.15. The predicted molar refractivity (Wildman–Crippen MR) is 68.6 cm³/mol. The number of aromatic amines is 1. The minimum absolute atomic E-state index is 0.162. The third-order valence-corrected chi connectivity index (χ3v) is 3.37. The van der Waals surface area contributed by atoms with Crippen molar-refractivity contribution >= 4 is 22.4 Å². The second-order valence-corrected chi connectivity index (χ2v) is 4.58. The minimum Gasteiger partial charge on any atom is -0.396 e. The molecule has 1 aliphatic heterocycles. The number of H-pyrrole nitrogens is 1. The maximum Gasteiger partial charge on any atom is 0.212 e. The number of ether oxygens (including phenoxy) is 1. The molecule has 1 aliphatic rings. The van der Waals surface area contributed by atoms with Crippen molar-refractivity contribution in [1.29, 1.82) is 0 Å². The van der Waals surface area contributed by atoms with Gasteiger partial charge in [0.2, 0.25) is 5.78 Å². The summed E-state index contributed by atoms with van der Waals surface area (Å²) in [5, 5.41) is 19.2. The molecule has 6 nitrogen and oxygen atoms in total. The van der Waals surface area contributed by atoms with E-state index in [2.05, 4.69) is 4.98 Å². The molecule has 0 radical (unpaired) electrons. The molecular formula is C13H14N2O4. The zero-order valence-electron chi connectivity index (χ0n) is 10.1. The first-order valence-electron chi connectivity index (χ1n) is 5.96. The molecule has 19 heavy (non-hydrogen) atoms. The number of ketones is 1. The van der Waals surface area contributed by atoms with Crippen molar-refractivity contribution < 1.29 is 19.7 Å². The van der Waals surface area contributed by atoms with Gasteiger partial charge in [-0.2, -0.15) is 0 Å².